The first-order valence-electron chi connectivity index (χ1n) is 10.2. The molecule has 1 N–H and O–H groups in total. The number of rotatable bonds is 10. The number of carbonyl (C=O) groups excluding carboxylic acids is 2. The van der Waals surface area contributed by atoms with Crippen molar-refractivity contribution in [1.82, 2.24) is 0 Å². The molecule has 0 spiro atoms. The second-order valence-electron chi connectivity index (χ2n) is 6.81. The van der Waals surface area contributed by atoms with Gasteiger partial charge in [0.1, 0.15) is 11.9 Å². The van der Waals surface area contributed by atoms with Gasteiger partial charge < -0.3 is 9.47 Å². The van der Waals surface area contributed by atoms with Crippen LogP contribution in [0.25, 0.3) is 6.08 Å². The average Bonchev–Trinajstić information content (AvgIpc) is 2.74. The summed E-state index contributed by atoms with van der Waals surface area (Å²) in [6.45, 7) is 17.3. The monoisotopic (exact) mass is 468 g/mol. The summed E-state index contributed by atoms with van der Waals surface area (Å²) in [6.07, 6.45) is 3.99. The van der Waals surface area contributed by atoms with Crippen molar-refractivity contribution in [2.75, 3.05) is 13.2 Å². The maximum Gasteiger partial charge on any atom is 0.333 e. The number of unbranched alkanes of at least 4 members (excludes halogenated alkanes) is 1. The van der Waals surface area contributed by atoms with Gasteiger partial charge in [0.15, 0.2) is 0 Å². The Bertz CT molecular complexity index is 827. The van der Waals surface area contributed by atoms with Crippen molar-refractivity contribution in [3.05, 3.63) is 66.8 Å². The van der Waals surface area contributed by atoms with E-state index < -0.39 is 21.3 Å². The molecule has 0 saturated carbocycles. The van der Waals surface area contributed by atoms with Gasteiger partial charge in [-0.2, -0.15) is 8.42 Å². The lowest BCUT2D eigenvalue weighted by molar-refractivity contribution is -0.139. The van der Waals surface area contributed by atoms with Crippen molar-refractivity contribution in [2.24, 2.45) is 0 Å². The molecule has 0 aliphatic heterocycles. The van der Waals surface area contributed by atoms with Gasteiger partial charge in [-0.15, -0.1) is 0 Å². The van der Waals surface area contributed by atoms with Crippen molar-refractivity contribution in [1.29, 1.82) is 0 Å². The van der Waals surface area contributed by atoms with E-state index in [2.05, 4.69) is 31.4 Å². The van der Waals surface area contributed by atoms with Crippen LogP contribution in [-0.2, 0) is 29.2 Å². The molecule has 8 heteroatoms. The summed E-state index contributed by atoms with van der Waals surface area (Å²) in [4.78, 5) is 21.6. The first-order valence-corrected chi connectivity index (χ1v) is 11.7. The minimum atomic E-state index is -4.14. The van der Waals surface area contributed by atoms with Gasteiger partial charge in [-0.1, -0.05) is 76.4 Å². The topological polar surface area (TPSA) is 107 Å². The summed E-state index contributed by atoms with van der Waals surface area (Å²) in [7, 11) is -4.14. The van der Waals surface area contributed by atoms with Gasteiger partial charge in [0, 0.05) is 11.1 Å². The number of benzene rings is 1. The summed E-state index contributed by atoms with van der Waals surface area (Å²) < 4.78 is 39.5. The lowest BCUT2D eigenvalue weighted by Crippen LogP contribution is -2.26. The SMILES string of the molecule is C=C(C)C(=O)OCC(CC)S(=O)(=O)O.C=C(C)C(=O)OCCCC.C=Cc1ccccc1. The molecule has 0 heterocycles. The molecule has 1 atom stereocenters. The Morgan fingerprint density at radius 1 is 1.03 bits per heavy atom. The predicted octanol–water partition coefficient (Wildman–Crippen LogP) is 5.01. The molecular weight excluding hydrogens is 432 g/mol. The molecule has 180 valence electrons. The molecule has 1 unspecified atom stereocenters. The van der Waals surface area contributed by atoms with E-state index >= 15 is 0 Å². The quantitative estimate of drug-likeness (QED) is 0.223. The van der Waals surface area contributed by atoms with Crippen LogP contribution in [0.2, 0.25) is 0 Å². The lowest BCUT2D eigenvalue weighted by atomic mass is 10.2. The Morgan fingerprint density at radius 2 is 1.53 bits per heavy atom. The van der Waals surface area contributed by atoms with Crippen molar-refractivity contribution < 1.29 is 32.0 Å². The number of hydrogen-bond donors (Lipinski definition) is 1. The molecule has 0 amide bonds. The molecule has 0 radical (unpaired) electrons. The lowest BCUT2D eigenvalue weighted by Gasteiger charge is -2.11. The summed E-state index contributed by atoms with van der Waals surface area (Å²) in [5.74, 6) is -0.944. The largest absolute Gasteiger partial charge is 0.462 e. The molecule has 0 aromatic heterocycles. The second kappa shape index (κ2) is 17.9. The minimum Gasteiger partial charge on any atom is -0.462 e. The third-order valence-electron chi connectivity index (χ3n) is 3.74. The highest BCUT2D eigenvalue weighted by Gasteiger charge is 2.22. The maximum absolute atomic E-state index is 10.9. The molecule has 0 fully saturated rings. The summed E-state index contributed by atoms with van der Waals surface area (Å²) in [6, 6.07) is 10.0. The van der Waals surface area contributed by atoms with Crippen LogP contribution in [0.15, 0.2) is 61.2 Å². The Labute approximate surface area is 192 Å². The fourth-order valence-electron chi connectivity index (χ4n) is 1.73. The van der Waals surface area contributed by atoms with Crippen LogP contribution >= 0.6 is 0 Å². The van der Waals surface area contributed by atoms with Gasteiger partial charge in [-0.3, -0.25) is 4.55 Å². The fourth-order valence-corrected chi connectivity index (χ4v) is 2.39. The molecule has 32 heavy (non-hydrogen) atoms. The Morgan fingerprint density at radius 3 is 1.88 bits per heavy atom. The molecular formula is C24H36O7S. The second-order valence-corrected chi connectivity index (χ2v) is 8.51. The average molecular weight is 469 g/mol. The number of ether oxygens (including phenoxy) is 2. The number of esters is 2. The molecule has 1 rings (SSSR count). The highest BCUT2D eigenvalue weighted by atomic mass is 32.2. The van der Waals surface area contributed by atoms with E-state index in [0.717, 1.165) is 12.8 Å². The number of carbonyl (C=O) groups is 2. The zero-order valence-corrected chi connectivity index (χ0v) is 20.3. The van der Waals surface area contributed by atoms with E-state index in [1.165, 1.54) is 12.5 Å². The number of hydrogen-bond acceptors (Lipinski definition) is 6. The van der Waals surface area contributed by atoms with E-state index in [9.17, 15) is 18.0 Å². The van der Waals surface area contributed by atoms with E-state index in [1.54, 1.807) is 13.8 Å². The third-order valence-corrected chi connectivity index (χ3v) is 5.05. The first kappa shape index (κ1) is 31.5. The van der Waals surface area contributed by atoms with Crippen molar-refractivity contribution in [2.45, 2.75) is 52.2 Å². The molecule has 0 bridgehead atoms. The van der Waals surface area contributed by atoms with Crippen molar-refractivity contribution in [3.8, 4) is 0 Å². The smallest absolute Gasteiger partial charge is 0.333 e. The molecule has 0 aliphatic rings. The van der Waals surface area contributed by atoms with E-state index in [4.69, 9.17) is 9.29 Å². The standard InChI is InChI=1S/C8H14O5S.C8H14O2.C8H8/c1-4-7(14(10,11)12)5-13-8(9)6(2)3;1-4-5-6-10-8(9)7(2)3;1-2-8-6-4-3-5-7-8/h7H,2,4-5H2,1,3H3,(H,10,11,12);2,4-6H2,1,3H3;2-7H,1H2. The van der Waals surface area contributed by atoms with Gasteiger partial charge in [0.05, 0.1) is 6.61 Å². The normalized spacial score (nSPS) is 10.8. The highest BCUT2D eigenvalue weighted by Crippen LogP contribution is 2.05. The molecule has 1 aromatic carbocycles. The van der Waals surface area contributed by atoms with Crippen LogP contribution in [0.5, 0.6) is 0 Å². The van der Waals surface area contributed by atoms with Gasteiger partial charge in [0.2, 0.25) is 0 Å². The first-order chi connectivity index (χ1) is 14.9. The van der Waals surface area contributed by atoms with Crippen LogP contribution in [0.3, 0.4) is 0 Å². The van der Waals surface area contributed by atoms with Crippen LogP contribution in [0, 0.1) is 0 Å². The molecule has 0 saturated heterocycles. The summed E-state index contributed by atoms with van der Waals surface area (Å²) in [5, 5.41) is -1.06. The highest BCUT2D eigenvalue weighted by molar-refractivity contribution is 7.86. The summed E-state index contributed by atoms with van der Waals surface area (Å²) >= 11 is 0. The zero-order valence-electron chi connectivity index (χ0n) is 19.5. The van der Waals surface area contributed by atoms with Crippen molar-refractivity contribution in [3.63, 3.8) is 0 Å². The molecule has 7 nitrogen and oxygen atoms in total. The van der Waals surface area contributed by atoms with E-state index in [-0.39, 0.29) is 24.6 Å². The zero-order chi connectivity index (χ0) is 25.2. The maximum atomic E-state index is 10.9. The van der Waals surface area contributed by atoms with Crippen LogP contribution in [0.4, 0.5) is 0 Å². The van der Waals surface area contributed by atoms with Gasteiger partial charge in [0.25, 0.3) is 10.1 Å². The molecule has 0 aliphatic carbocycles. The fraction of sp³-hybridized carbons (Fsp3) is 0.417. The van der Waals surface area contributed by atoms with Gasteiger partial charge in [-0.05, 0) is 32.3 Å². The van der Waals surface area contributed by atoms with E-state index in [1.807, 2.05) is 36.4 Å². The minimum absolute atomic E-state index is 0.183. The van der Waals surface area contributed by atoms with Gasteiger partial charge in [-0.25, -0.2) is 9.59 Å². The molecule has 1 aromatic rings. The van der Waals surface area contributed by atoms with E-state index in [0.29, 0.717) is 12.2 Å². The summed E-state index contributed by atoms with van der Waals surface area (Å²) in [5.41, 5.74) is 1.83. The van der Waals surface area contributed by atoms with Gasteiger partial charge >= 0.3 is 11.9 Å². The Hall–Kier alpha value is -2.71. The van der Waals surface area contributed by atoms with Crippen LogP contribution in [0.1, 0.15) is 52.5 Å². The van der Waals surface area contributed by atoms with Crippen LogP contribution < -0.4 is 0 Å². The Kier molecular flexibility index (Phi) is 17.6. The Balaban J connectivity index is 0. The van der Waals surface area contributed by atoms with Crippen molar-refractivity contribution >= 4 is 28.1 Å². The third kappa shape index (κ3) is 17.0. The predicted molar refractivity (Wildman–Crippen MR) is 129 cm³/mol. The van der Waals surface area contributed by atoms with Crippen LogP contribution in [-0.4, -0.2) is 43.4 Å².